The molecular formula is C14H23NO4. The van der Waals surface area contributed by atoms with Gasteiger partial charge in [-0.3, -0.25) is 4.79 Å². The van der Waals surface area contributed by atoms with E-state index in [1.54, 1.807) is 7.11 Å². The molecule has 0 saturated carbocycles. The van der Waals surface area contributed by atoms with Crippen molar-refractivity contribution in [2.75, 3.05) is 33.5 Å². The number of ether oxygens (including phenoxy) is 3. The van der Waals surface area contributed by atoms with Gasteiger partial charge in [0.15, 0.2) is 0 Å². The molecule has 0 N–H and O–H groups in total. The minimum atomic E-state index is 0.0362. The number of amides is 1. The Morgan fingerprint density at radius 3 is 2.74 bits per heavy atom. The predicted octanol–water partition coefficient (Wildman–Crippen LogP) is 0.818. The third-order valence-electron chi connectivity index (χ3n) is 4.63. The van der Waals surface area contributed by atoms with Crippen molar-refractivity contribution < 1.29 is 19.0 Å². The number of rotatable bonds is 2. The van der Waals surface area contributed by atoms with Crippen molar-refractivity contribution in [3.63, 3.8) is 0 Å². The molecular weight excluding hydrogens is 246 g/mol. The molecule has 3 aliphatic rings. The highest BCUT2D eigenvalue weighted by Crippen LogP contribution is 2.32. The predicted molar refractivity (Wildman–Crippen MR) is 68.8 cm³/mol. The molecule has 3 saturated heterocycles. The lowest BCUT2D eigenvalue weighted by Gasteiger charge is -2.34. The molecule has 108 valence electrons. The van der Waals surface area contributed by atoms with Gasteiger partial charge in [0.2, 0.25) is 5.91 Å². The largest absolute Gasteiger partial charge is 0.381 e. The van der Waals surface area contributed by atoms with Crippen LogP contribution < -0.4 is 0 Å². The summed E-state index contributed by atoms with van der Waals surface area (Å²) in [6.07, 6.45) is 3.89. The van der Waals surface area contributed by atoms with E-state index in [0.29, 0.717) is 19.8 Å². The summed E-state index contributed by atoms with van der Waals surface area (Å²) in [5.74, 6) is 0.412. The number of fused-ring (bicyclic) bond motifs is 1. The van der Waals surface area contributed by atoms with Gasteiger partial charge in [-0.05, 0) is 25.7 Å². The maximum atomic E-state index is 12.7. The maximum absolute atomic E-state index is 12.7. The smallest absolute Gasteiger partial charge is 0.226 e. The Balaban J connectivity index is 1.70. The molecule has 0 aliphatic carbocycles. The van der Waals surface area contributed by atoms with Crippen molar-refractivity contribution in [2.24, 2.45) is 5.92 Å². The molecule has 3 rings (SSSR count). The molecule has 0 unspecified atom stereocenters. The van der Waals surface area contributed by atoms with Gasteiger partial charge >= 0.3 is 0 Å². The van der Waals surface area contributed by atoms with Crippen LogP contribution in [0.1, 0.15) is 25.7 Å². The summed E-state index contributed by atoms with van der Waals surface area (Å²) in [5.41, 5.74) is 0. The van der Waals surface area contributed by atoms with Crippen LogP contribution in [0.25, 0.3) is 0 Å². The molecule has 0 aromatic carbocycles. The van der Waals surface area contributed by atoms with Crippen LogP contribution in [-0.2, 0) is 19.0 Å². The van der Waals surface area contributed by atoms with Crippen molar-refractivity contribution in [1.82, 2.24) is 4.90 Å². The summed E-state index contributed by atoms with van der Waals surface area (Å²) in [4.78, 5) is 14.7. The van der Waals surface area contributed by atoms with Crippen LogP contribution in [0, 0.1) is 5.92 Å². The zero-order valence-corrected chi connectivity index (χ0v) is 11.5. The molecule has 0 bridgehead atoms. The number of carbonyl (C=O) groups excluding carboxylic acids is 1. The van der Waals surface area contributed by atoms with E-state index in [1.807, 2.05) is 4.90 Å². The van der Waals surface area contributed by atoms with Gasteiger partial charge in [0.1, 0.15) is 12.2 Å². The van der Waals surface area contributed by atoms with Gasteiger partial charge in [0.25, 0.3) is 0 Å². The first-order chi connectivity index (χ1) is 9.31. The van der Waals surface area contributed by atoms with Gasteiger partial charge in [-0.1, -0.05) is 0 Å². The van der Waals surface area contributed by atoms with Gasteiger partial charge in [-0.15, -0.1) is 0 Å². The normalized spacial score (nSPS) is 36.3. The van der Waals surface area contributed by atoms with Crippen LogP contribution in [0.3, 0.4) is 0 Å². The van der Waals surface area contributed by atoms with Crippen LogP contribution in [0.4, 0.5) is 0 Å². The average Bonchev–Trinajstić information content (AvgIpc) is 2.86. The molecule has 0 aromatic heterocycles. The van der Waals surface area contributed by atoms with Crippen molar-refractivity contribution in [3.05, 3.63) is 0 Å². The van der Waals surface area contributed by atoms with E-state index in [-0.39, 0.29) is 30.1 Å². The minimum absolute atomic E-state index is 0.0362. The Bertz CT molecular complexity index is 329. The van der Waals surface area contributed by atoms with Gasteiger partial charge in [0, 0.05) is 39.4 Å². The van der Waals surface area contributed by atoms with Crippen LogP contribution in [-0.4, -0.2) is 62.5 Å². The molecule has 5 heteroatoms. The van der Waals surface area contributed by atoms with Crippen LogP contribution >= 0.6 is 0 Å². The quantitative estimate of drug-likeness (QED) is 0.744. The summed E-state index contributed by atoms with van der Waals surface area (Å²) >= 11 is 0. The Morgan fingerprint density at radius 1 is 1.21 bits per heavy atom. The molecule has 5 nitrogen and oxygen atoms in total. The van der Waals surface area contributed by atoms with E-state index < -0.39 is 0 Å². The highest BCUT2D eigenvalue weighted by atomic mass is 16.5. The number of likely N-dealkylation sites (tertiary alicyclic amines) is 1. The Kier molecular flexibility index (Phi) is 4.05. The number of methoxy groups -OCH3 is 1. The van der Waals surface area contributed by atoms with E-state index in [0.717, 1.165) is 32.3 Å². The van der Waals surface area contributed by atoms with Gasteiger partial charge < -0.3 is 19.1 Å². The van der Waals surface area contributed by atoms with Crippen molar-refractivity contribution in [2.45, 2.75) is 43.9 Å². The third-order valence-corrected chi connectivity index (χ3v) is 4.63. The Morgan fingerprint density at radius 2 is 2.00 bits per heavy atom. The molecule has 0 aromatic rings. The van der Waals surface area contributed by atoms with E-state index in [1.165, 1.54) is 0 Å². The number of hydrogen-bond donors (Lipinski definition) is 0. The minimum Gasteiger partial charge on any atom is -0.381 e. The van der Waals surface area contributed by atoms with Crippen molar-refractivity contribution in [3.8, 4) is 0 Å². The fourth-order valence-electron chi connectivity index (χ4n) is 3.55. The molecule has 0 spiro atoms. The summed E-state index contributed by atoms with van der Waals surface area (Å²) in [5, 5.41) is 0. The van der Waals surface area contributed by atoms with Gasteiger partial charge in [-0.2, -0.15) is 0 Å². The number of carbonyl (C=O) groups is 1. The number of nitrogens with zero attached hydrogens (tertiary/aromatic N) is 1. The second-order valence-corrected chi connectivity index (χ2v) is 5.70. The fraction of sp³-hybridized carbons (Fsp3) is 0.929. The zero-order valence-electron chi connectivity index (χ0n) is 11.5. The Labute approximate surface area is 114 Å². The standard InChI is InChI=1S/C14H23NO4/c1-17-12-9-15(11-3-2-6-19-13(11)12)14(16)10-4-7-18-8-5-10/h10-13H,2-9H2,1H3/t11-,12+,13+/m0/s1. The van der Waals surface area contributed by atoms with Gasteiger partial charge in [-0.25, -0.2) is 0 Å². The lowest BCUT2D eigenvalue weighted by Crippen LogP contribution is -2.46. The maximum Gasteiger partial charge on any atom is 0.226 e. The first-order valence-corrected chi connectivity index (χ1v) is 7.34. The first-order valence-electron chi connectivity index (χ1n) is 7.34. The first kappa shape index (κ1) is 13.3. The Hall–Kier alpha value is -0.650. The SMILES string of the molecule is CO[C@@H]1CN(C(=O)C2CCOCC2)[C@H]2CCCO[C@@H]12. The van der Waals surface area contributed by atoms with E-state index in [4.69, 9.17) is 14.2 Å². The fourth-order valence-corrected chi connectivity index (χ4v) is 3.55. The molecule has 3 fully saturated rings. The second-order valence-electron chi connectivity index (χ2n) is 5.70. The highest BCUT2D eigenvalue weighted by molar-refractivity contribution is 5.79. The monoisotopic (exact) mass is 269 g/mol. The van der Waals surface area contributed by atoms with E-state index >= 15 is 0 Å². The lowest BCUT2D eigenvalue weighted by molar-refractivity contribution is -0.142. The lowest BCUT2D eigenvalue weighted by atomic mass is 9.97. The molecule has 0 radical (unpaired) electrons. The summed E-state index contributed by atoms with van der Waals surface area (Å²) in [6.45, 7) is 2.90. The van der Waals surface area contributed by atoms with E-state index in [9.17, 15) is 4.79 Å². The van der Waals surface area contributed by atoms with E-state index in [2.05, 4.69) is 0 Å². The molecule has 1 amide bonds. The van der Waals surface area contributed by atoms with Crippen LogP contribution in [0.15, 0.2) is 0 Å². The average molecular weight is 269 g/mol. The van der Waals surface area contributed by atoms with Gasteiger partial charge in [0.05, 0.1) is 6.04 Å². The molecule has 19 heavy (non-hydrogen) atoms. The summed E-state index contributed by atoms with van der Waals surface area (Å²) < 4.78 is 16.7. The van der Waals surface area contributed by atoms with Crippen molar-refractivity contribution >= 4 is 5.91 Å². The topological polar surface area (TPSA) is 48.0 Å². The van der Waals surface area contributed by atoms with Crippen LogP contribution in [0.5, 0.6) is 0 Å². The molecule has 3 heterocycles. The third kappa shape index (κ3) is 2.51. The number of hydrogen-bond acceptors (Lipinski definition) is 4. The highest BCUT2D eigenvalue weighted by Gasteiger charge is 2.47. The molecule has 3 aliphatic heterocycles. The second kappa shape index (κ2) is 5.77. The summed E-state index contributed by atoms with van der Waals surface area (Å²) in [6, 6.07) is 0.217. The zero-order chi connectivity index (χ0) is 13.2. The van der Waals surface area contributed by atoms with Crippen molar-refractivity contribution in [1.29, 1.82) is 0 Å². The summed E-state index contributed by atoms with van der Waals surface area (Å²) in [7, 11) is 1.71. The van der Waals surface area contributed by atoms with Crippen LogP contribution in [0.2, 0.25) is 0 Å². The molecule has 3 atom stereocenters.